The summed E-state index contributed by atoms with van der Waals surface area (Å²) in [6.07, 6.45) is 0.243. The number of hydrogen-bond acceptors (Lipinski definition) is 4. The monoisotopic (exact) mass is 289 g/mol. The zero-order valence-electron chi connectivity index (χ0n) is 11.5. The number of nitrogens with one attached hydrogen (secondary N) is 1. The summed E-state index contributed by atoms with van der Waals surface area (Å²) in [7, 11) is 0. The first-order valence-corrected chi connectivity index (χ1v) is 6.65. The molecule has 1 fully saturated rings. The van der Waals surface area contributed by atoms with Crippen LogP contribution in [0.15, 0.2) is 28.7 Å². The average Bonchev–Trinajstić information content (AvgIpc) is 3.06. The number of carboxylic acids is 1. The number of carbonyl (C=O) groups excluding carboxylic acids is 1. The molecule has 110 valence electrons. The number of aliphatic carboxylic acids is 1. The largest absolute Gasteiger partial charge is 0.479 e. The summed E-state index contributed by atoms with van der Waals surface area (Å²) in [5, 5.41) is 12.7. The Morgan fingerprint density at radius 2 is 2.19 bits per heavy atom. The van der Waals surface area contributed by atoms with Crippen LogP contribution in [-0.4, -0.2) is 35.7 Å². The highest BCUT2D eigenvalue weighted by molar-refractivity contribution is 5.99. The summed E-state index contributed by atoms with van der Waals surface area (Å²) < 4.78 is 10.7. The molecule has 1 saturated heterocycles. The van der Waals surface area contributed by atoms with E-state index >= 15 is 0 Å². The second-order valence-corrected chi connectivity index (χ2v) is 5.25. The van der Waals surface area contributed by atoms with Gasteiger partial charge in [0, 0.05) is 18.4 Å². The lowest BCUT2D eigenvalue weighted by atomic mass is 9.99. The van der Waals surface area contributed by atoms with E-state index in [0.717, 1.165) is 10.9 Å². The first kappa shape index (κ1) is 13.6. The summed E-state index contributed by atoms with van der Waals surface area (Å²) in [4.78, 5) is 23.7. The molecule has 2 aromatic rings. The van der Waals surface area contributed by atoms with Crippen molar-refractivity contribution >= 4 is 22.8 Å². The molecule has 1 aromatic heterocycles. The normalized spacial score (nSPS) is 21.6. The Labute approximate surface area is 120 Å². The highest BCUT2D eigenvalue weighted by atomic mass is 16.5. The Balaban J connectivity index is 1.90. The lowest BCUT2D eigenvalue weighted by Crippen LogP contribution is -2.55. The third-order valence-corrected chi connectivity index (χ3v) is 3.75. The fourth-order valence-electron chi connectivity index (χ4n) is 2.49. The number of carbonyl (C=O) groups is 2. The minimum absolute atomic E-state index is 0.0344. The van der Waals surface area contributed by atoms with Crippen molar-refractivity contribution in [2.45, 2.75) is 18.9 Å². The topological polar surface area (TPSA) is 88.8 Å². The van der Waals surface area contributed by atoms with Crippen molar-refractivity contribution < 1.29 is 23.8 Å². The van der Waals surface area contributed by atoms with Crippen molar-refractivity contribution in [3.8, 4) is 0 Å². The summed E-state index contributed by atoms with van der Waals surface area (Å²) in [5.74, 6) is -1.54. The summed E-state index contributed by atoms with van der Waals surface area (Å²) in [6, 6.07) is 7.22. The number of amides is 1. The summed E-state index contributed by atoms with van der Waals surface area (Å²) in [6.45, 7) is 2.16. The SMILES string of the molecule is Cc1cccc2cc(C(=O)NC3(C(=O)O)CCOC3)oc12. The number of carboxylic acid groups (broad SMARTS) is 1. The predicted molar refractivity (Wildman–Crippen MR) is 74.2 cm³/mol. The predicted octanol–water partition coefficient (Wildman–Crippen LogP) is 1.71. The van der Waals surface area contributed by atoms with Crippen molar-refractivity contribution in [1.82, 2.24) is 5.32 Å². The highest BCUT2D eigenvalue weighted by Gasteiger charge is 2.44. The number of rotatable bonds is 3. The lowest BCUT2D eigenvalue weighted by Gasteiger charge is -2.22. The van der Waals surface area contributed by atoms with Gasteiger partial charge >= 0.3 is 5.97 Å². The van der Waals surface area contributed by atoms with Gasteiger partial charge in [-0.15, -0.1) is 0 Å². The molecule has 1 aliphatic heterocycles. The Kier molecular flexibility index (Phi) is 3.17. The molecule has 3 rings (SSSR count). The van der Waals surface area contributed by atoms with Crippen LogP contribution >= 0.6 is 0 Å². The molecule has 1 amide bonds. The molecule has 0 radical (unpaired) electrons. The van der Waals surface area contributed by atoms with Gasteiger partial charge in [-0.3, -0.25) is 4.79 Å². The second-order valence-electron chi connectivity index (χ2n) is 5.25. The number of para-hydroxylation sites is 1. The van der Waals surface area contributed by atoms with Gasteiger partial charge in [0.05, 0.1) is 6.61 Å². The van der Waals surface area contributed by atoms with Gasteiger partial charge in [0.2, 0.25) is 0 Å². The van der Waals surface area contributed by atoms with Crippen LogP contribution in [0.25, 0.3) is 11.0 Å². The van der Waals surface area contributed by atoms with Crippen molar-refractivity contribution in [3.63, 3.8) is 0 Å². The van der Waals surface area contributed by atoms with Gasteiger partial charge < -0.3 is 19.6 Å². The minimum Gasteiger partial charge on any atom is -0.479 e. The maximum absolute atomic E-state index is 12.3. The van der Waals surface area contributed by atoms with E-state index in [-0.39, 0.29) is 18.8 Å². The van der Waals surface area contributed by atoms with Crippen LogP contribution in [-0.2, 0) is 9.53 Å². The summed E-state index contributed by atoms with van der Waals surface area (Å²) >= 11 is 0. The zero-order valence-corrected chi connectivity index (χ0v) is 11.5. The molecule has 21 heavy (non-hydrogen) atoms. The van der Waals surface area contributed by atoms with E-state index in [9.17, 15) is 14.7 Å². The quantitative estimate of drug-likeness (QED) is 0.898. The molecule has 1 aliphatic rings. The van der Waals surface area contributed by atoms with E-state index in [1.54, 1.807) is 6.07 Å². The van der Waals surface area contributed by atoms with Gasteiger partial charge in [-0.05, 0) is 18.6 Å². The van der Waals surface area contributed by atoms with E-state index < -0.39 is 17.4 Å². The number of hydrogen-bond donors (Lipinski definition) is 2. The molecule has 6 nitrogen and oxygen atoms in total. The van der Waals surface area contributed by atoms with Gasteiger partial charge in [0.25, 0.3) is 5.91 Å². The Morgan fingerprint density at radius 1 is 1.38 bits per heavy atom. The molecule has 0 bridgehead atoms. The Morgan fingerprint density at radius 3 is 2.81 bits per heavy atom. The van der Waals surface area contributed by atoms with E-state index in [1.807, 2.05) is 25.1 Å². The van der Waals surface area contributed by atoms with Crippen molar-refractivity contribution in [3.05, 3.63) is 35.6 Å². The lowest BCUT2D eigenvalue weighted by molar-refractivity contribution is -0.144. The molecular weight excluding hydrogens is 274 g/mol. The van der Waals surface area contributed by atoms with Crippen LogP contribution < -0.4 is 5.32 Å². The maximum atomic E-state index is 12.3. The van der Waals surface area contributed by atoms with Crippen LogP contribution in [0.1, 0.15) is 22.5 Å². The number of ether oxygens (including phenoxy) is 1. The van der Waals surface area contributed by atoms with E-state index in [0.29, 0.717) is 12.2 Å². The Bertz CT molecular complexity index is 712. The number of fused-ring (bicyclic) bond motifs is 1. The zero-order chi connectivity index (χ0) is 15.0. The van der Waals surface area contributed by atoms with Gasteiger partial charge in [-0.25, -0.2) is 4.79 Å². The fourth-order valence-corrected chi connectivity index (χ4v) is 2.49. The summed E-state index contributed by atoms with van der Waals surface area (Å²) in [5.41, 5.74) is 0.184. The second kappa shape index (κ2) is 4.89. The standard InChI is InChI=1S/C15H15NO5/c1-9-3-2-4-10-7-11(21-12(9)10)13(17)16-15(14(18)19)5-6-20-8-15/h2-4,7H,5-6,8H2,1H3,(H,16,17)(H,18,19). The minimum atomic E-state index is -1.37. The molecule has 1 aromatic carbocycles. The van der Waals surface area contributed by atoms with E-state index in [2.05, 4.69) is 5.32 Å². The smallest absolute Gasteiger partial charge is 0.331 e. The molecule has 0 aliphatic carbocycles. The van der Waals surface area contributed by atoms with Crippen LogP contribution in [0, 0.1) is 6.92 Å². The number of benzene rings is 1. The third-order valence-electron chi connectivity index (χ3n) is 3.75. The first-order chi connectivity index (χ1) is 10.0. The molecule has 2 N–H and O–H groups in total. The maximum Gasteiger partial charge on any atom is 0.331 e. The number of furan rings is 1. The van der Waals surface area contributed by atoms with Crippen LogP contribution in [0.2, 0.25) is 0 Å². The molecular formula is C15H15NO5. The molecule has 1 unspecified atom stereocenters. The Hall–Kier alpha value is -2.34. The van der Waals surface area contributed by atoms with Crippen molar-refractivity contribution in [2.75, 3.05) is 13.2 Å². The van der Waals surface area contributed by atoms with Crippen molar-refractivity contribution in [2.24, 2.45) is 0 Å². The van der Waals surface area contributed by atoms with E-state index in [1.165, 1.54) is 0 Å². The third kappa shape index (κ3) is 2.27. The fraction of sp³-hybridized carbons (Fsp3) is 0.333. The van der Waals surface area contributed by atoms with Gasteiger partial charge in [-0.1, -0.05) is 18.2 Å². The molecule has 6 heteroatoms. The van der Waals surface area contributed by atoms with Gasteiger partial charge in [-0.2, -0.15) is 0 Å². The van der Waals surface area contributed by atoms with Gasteiger partial charge in [0.1, 0.15) is 5.58 Å². The molecule has 2 heterocycles. The van der Waals surface area contributed by atoms with Crippen LogP contribution in [0.5, 0.6) is 0 Å². The first-order valence-electron chi connectivity index (χ1n) is 6.65. The van der Waals surface area contributed by atoms with Crippen molar-refractivity contribution in [1.29, 1.82) is 0 Å². The molecule has 0 saturated carbocycles. The van der Waals surface area contributed by atoms with Crippen LogP contribution in [0.4, 0.5) is 0 Å². The average molecular weight is 289 g/mol. The van der Waals surface area contributed by atoms with E-state index in [4.69, 9.17) is 9.15 Å². The highest BCUT2D eigenvalue weighted by Crippen LogP contribution is 2.24. The molecule has 0 spiro atoms. The van der Waals surface area contributed by atoms with Gasteiger partial charge in [0.15, 0.2) is 11.3 Å². The number of aryl methyl sites for hydroxylation is 1. The molecule has 1 atom stereocenters. The van der Waals surface area contributed by atoms with Crippen LogP contribution in [0.3, 0.4) is 0 Å².